The zero-order valence-corrected chi connectivity index (χ0v) is 9.19. The van der Waals surface area contributed by atoms with Gasteiger partial charge in [-0.15, -0.1) is 0 Å². The summed E-state index contributed by atoms with van der Waals surface area (Å²) in [4.78, 5) is 10.2. The van der Waals surface area contributed by atoms with Crippen molar-refractivity contribution in [2.75, 3.05) is 6.61 Å². The fourth-order valence-electron chi connectivity index (χ4n) is 1.39. The molecule has 0 amide bonds. The number of benzene rings is 1. The van der Waals surface area contributed by atoms with Gasteiger partial charge in [-0.2, -0.15) is 0 Å². The summed E-state index contributed by atoms with van der Waals surface area (Å²) < 4.78 is 5.56. The molecule has 0 N–H and O–H groups in total. The van der Waals surface area contributed by atoms with E-state index < -0.39 is 0 Å². The van der Waals surface area contributed by atoms with Gasteiger partial charge < -0.3 is 9.53 Å². The molecule has 0 aliphatic heterocycles. The maximum absolute atomic E-state index is 10.2. The van der Waals surface area contributed by atoms with Crippen molar-refractivity contribution in [2.24, 2.45) is 5.92 Å². The summed E-state index contributed by atoms with van der Waals surface area (Å²) >= 11 is 0. The van der Waals surface area contributed by atoms with Gasteiger partial charge in [-0.05, 0) is 17.9 Å². The van der Waals surface area contributed by atoms with Crippen molar-refractivity contribution >= 4 is 6.29 Å². The highest BCUT2D eigenvalue weighted by molar-refractivity contribution is 5.49. The molecule has 0 spiro atoms. The minimum atomic E-state index is 0.457. The second-order valence-corrected chi connectivity index (χ2v) is 3.85. The second-order valence-electron chi connectivity index (χ2n) is 3.85. The van der Waals surface area contributed by atoms with Crippen LogP contribution in [0, 0.1) is 5.92 Å². The van der Waals surface area contributed by atoms with Gasteiger partial charge in [0.15, 0.2) is 0 Å². The number of rotatable bonds is 7. The first-order valence-electron chi connectivity index (χ1n) is 5.38. The van der Waals surface area contributed by atoms with Crippen molar-refractivity contribution in [2.45, 2.75) is 26.4 Å². The van der Waals surface area contributed by atoms with Crippen molar-refractivity contribution in [3.05, 3.63) is 35.9 Å². The number of hydrogen-bond donors (Lipinski definition) is 0. The lowest BCUT2D eigenvalue weighted by Gasteiger charge is -2.10. The Kier molecular flexibility index (Phi) is 5.71. The van der Waals surface area contributed by atoms with E-state index in [4.69, 9.17) is 4.74 Å². The lowest BCUT2D eigenvalue weighted by molar-refractivity contribution is -0.108. The van der Waals surface area contributed by atoms with Crippen LogP contribution >= 0.6 is 0 Å². The van der Waals surface area contributed by atoms with Gasteiger partial charge in [-0.25, -0.2) is 0 Å². The molecule has 0 heterocycles. The monoisotopic (exact) mass is 206 g/mol. The van der Waals surface area contributed by atoms with Crippen molar-refractivity contribution in [3.8, 4) is 0 Å². The molecule has 0 saturated heterocycles. The Bertz CT molecular complexity index is 269. The molecule has 0 fully saturated rings. The number of hydrogen-bond acceptors (Lipinski definition) is 2. The van der Waals surface area contributed by atoms with E-state index in [1.165, 1.54) is 5.56 Å². The van der Waals surface area contributed by atoms with E-state index in [-0.39, 0.29) is 0 Å². The van der Waals surface area contributed by atoms with Gasteiger partial charge in [0.1, 0.15) is 6.29 Å². The Hall–Kier alpha value is -1.15. The maximum atomic E-state index is 10.2. The molecule has 15 heavy (non-hydrogen) atoms. The summed E-state index contributed by atoms with van der Waals surface area (Å²) in [6.07, 6.45) is 2.52. The Balaban J connectivity index is 2.13. The zero-order chi connectivity index (χ0) is 10.9. The van der Waals surface area contributed by atoms with Crippen LogP contribution in [-0.2, 0) is 16.1 Å². The zero-order valence-electron chi connectivity index (χ0n) is 9.19. The molecule has 1 atom stereocenters. The normalized spacial score (nSPS) is 12.3. The van der Waals surface area contributed by atoms with E-state index in [0.717, 1.165) is 19.3 Å². The Morgan fingerprint density at radius 2 is 2.07 bits per heavy atom. The van der Waals surface area contributed by atoms with Crippen LogP contribution in [0.4, 0.5) is 0 Å². The van der Waals surface area contributed by atoms with Crippen molar-refractivity contribution in [1.29, 1.82) is 0 Å². The van der Waals surface area contributed by atoms with Crippen LogP contribution < -0.4 is 0 Å². The minimum absolute atomic E-state index is 0.457. The van der Waals surface area contributed by atoms with Crippen LogP contribution in [-0.4, -0.2) is 12.9 Å². The Morgan fingerprint density at radius 1 is 1.33 bits per heavy atom. The molecule has 2 nitrogen and oxygen atoms in total. The van der Waals surface area contributed by atoms with Gasteiger partial charge in [-0.1, -0.05) is 37.3 Å². The van der Waals surface area contributed by atoms with Crippen LogP contribution in [0.2, 0.25) is 0 Å². The van der Waals surface area contributed by atoms with Gasteiger partial charge >= 0.3 is 0 Å². The van der Waals surface area contributed by atoms with Gasteiger partial charge in [0.25, 0.3) is 0 Å². The van der Waals surface area contributed by atoms with E-state index in [0.29, 0.717) is 18.9 Å². The van der Waals surface area contributed by atoms with Gasteiger partial charge in [0.05, 0.1) is 6.61 Å². The molecule has 0 aliphatic rings. The molecule has 0 bridgehead atoms. The predicted molar refractivity (Wildman–Crippen MR) is 60.6 cm³/mol. The predicted octanol–water partition coefficient (Wildman–Crippen LogP) is 2.82. The van der Waals surface area contributed by atoms with Gasteiger partial charge in [-0.3, -0.25) is 0 Å². The summed E-state index contributed by atoms with van der Waals surface area (Å²) in [7, 11) is 0. The third-order valence-electron chi connectivity index (χ3n) is 2.29. The smallest absolute Gasteiger partial charge is 0.120 e. The largest absolute Gasteiger partial charge is 0.376 e. The van der Waals surface area contributed by atoms with Crippen molar-refractivity contribution < 1.29 is 9.53 Å². The highest BCUT2D eigenvalue weighted by atomic mass is 16.5. The number of carbonyl (C=O) groups is 1. The fraction of sp³-hybridized carbons (Fsp3) is 0.462. The van der Waals surface area contributed by atoms with Crippen molar-refractivity contribution in [1.82, 2.24) is 0 Å². The van der Waals surface area contributed by atoms with Crippen LogP contribution in [0.5, 0.6) is 0 Å². The van der Waals surface area contributed by atoms with Gasteiger partial charge in [0.2, 0.25) is 0 Å². The average Bonchev–Trinajstić information content (AvgIpc) is 2.28. The molecule has 2 heteroatoms. The molecule has 0 radical (unpaired) electrons. The van der Waals surface area contributed by atoms with E-state index in [1.54, 1.807) is 0 Å². The third kappa shape index (κ3) is 5.33. The maximum Gasteiger partial charge on any atom is 0.120 e. The molecule has 0 aromatic heterocycles. The molecule has 0 unspecified atom stereocenters. The van der Waals surface area contributed by atoms with Crippen molar-refractivity contribution in [3.63, 3.8) is 0 Å². The van der Waals surface area contributed by atoms with Crippen LogP contribution in [0.15, 0.2) is 30.3 Å². The third-order valence-corrected chi connectivity index (χ3v) is 2.29. The highest BCUT2D eigenvalue weighted by Crippen LogP contribution is 2.07. The Morgan fingerprint density at radius 3 is 2.73 bits per heavy atom. The Labute approximate surface area is 91.3 Å². The second kappa shape index (κ2) is 7.18. The first-order valence-corrected chi connectivity index (χ1v) is 5.38. The minimum Gasteiger partial charge on any atom is -0.376 e. The molecule has 1 aromatic carbocycles. The van der Waals surface area contributed by atoms with E-state index in [1.807, 2.05) is 18.2 Å². The SMILES string of the molecule is C[C@@H](CCC=O)COCc1ccccc1. The van der Waals surface area contributed by atoms with Crippen LogP contribution in [0.1, 0.15) is 25.3 Å². The highest BCUT2D eigenvalue weighted by Gasteiger charge is 2.01. The summed E-state index contributed by atoms with van der Waals surface area (Å²) in [6.45, 7) is 3.49. The first-order chi connectivity index (χ1) is 7.33. The molecule has 0 saturated carbocycles. The quantitative estimate of drug-likeness (QED) is 0.641. The summed E-state index contributed by atoms with van der Waals surface area (Å²) in [6, 6.07) is 10.1. The number of aldehydes is 1. The number of ether oxygens (including phenoxy) is 1. The first kappa shape index (κ1) is 11.9. The van der Waals surface area contributed by atoms with Crippen LogP contribution in [0.3, 0.4) is 0 Å². The molecular formula is C13H18O2. The lowest BCUT2D eigenvalue weighted by Crippen LogP contribution is -2.06. The summed E-state index contributed by atoms with van der Waals surface area (Å²) in [5.74, 6) is 0.457. The summed E-state index contributed by atoms with van der Waals surface area (Å²) in [5.41, 5.74) is 1.19. The van der Waals surface area contributed by atoms with E-state index in [9.17, 15) is 4.79 Å². The fourth-order valence-corrected chi connectivity index (χ4v) is 1.39. The van der Waals surface area contributed by atoms with E-state index >= 15 is 0 Å². The standard InChI is InChI=1S/C13H18O2/c1-12(6-5-9-14)10-15-11-13-7-3-2-4-8-13/h2-4,7-9,12H,5-6,10-11H2,1H3/t12-/m0/s1. The topological polar surface area (TPSA) is 26.3 Å². The molecular weight excluding hydrogens is 188 g/mol. The molecule has 0 aliphatic carbocycles. The number of carbonyl (C=O) groups excluding carboxylic acids is 1. The van der Waals surface area contributed by atoms with E-state index in [2.05, 4.69) is 19.1 Å². The average molecular weight is 206 g/mol. The molecule has 1 rings (SSSR count). The van der Waals surface area contributed by atoms with Gasteiger partial charge in [0, 0.05) is 13.0 Å². The lowest BCUT2D eigenvalue weighted by atomic mass is 10.1. The molecule has 82 valence electrons. The molecule has 1 aromatic rings. The summed E-state index contributed by atoms with van der Waals surface area (Å²) in [5, 5.41) is 0. The van der Waals surface area contributed by atoms with Crippen LogP contribution in [0.25, 0.3) is 0 Å².